The fraction of sp³-hybridized carbons (Fsp3) is 0.795. The molecule has 2 heterocycles. The summed E-state index contributed by atoms with van der Waals surface area (Å²) in [6, 6.07) is -0.829. The molecular weight excluding hydrogens is 1100 g/mol. The number of carbonyl (C=O) groups excluding carboxylic acids is 1. The number of unbranched alkanes of at least 4 members (excludes halogenated alkanes) is 30. The molecule has 0 radical (unpaired) electrons. The van der Waals surface area contributed by atoms with E-state index in [0.29, 0.717) is 12.8 Å². The predicted octanol–water partition coefficient (Wildman–Crippen LogP) is 14.4. The molecule has 2 fully saturated rings. The molecule has 14 nitrogen and oxygen atoms in total. The van der Waals surface area contributed by atoms with Crippen LogP contribution in [0.5, 0.6) is 0 Å². The summed E-state index contributed by atoms with van der Waals surface area (Å²) < 4.78 is 22.9. The monoisotopic (exact) mass is 1230 g/mol. The summed E-state index contributed by atoms with van der Waals surface area (Å²) in [7, 11) is 0. The van der Waals surface area contributed by atoms with Crippen molar-refractivity contribution in [2.45, 2.75) is 351 Å². The molecule has 0 aromatic rings. The molecule has 0 saturated carbocycles. The fourth-order valence-electron chi connectivity index (χ4n) is 11.3. The fourth-order valence-corrected chi connectivity index (χ4v) is 11.3. The number of allylic oxidation sites excluding steroid dienone is 14. The third-order valence-electron chi connectivity index (χ3n) is 16.9. The summed E-state index contributed by atoms with van der Waals surface area (Å²) in [4.78, 5) is 13.3. The van der Waals surface area contributed by atoms with E-state index in [-0.39, 0.29) is 12.5 Å². The first-order valence-corrected chi connectivity index (χ1v) is 35.3. The van der Waals surface area contributed by atoms with E-state index < -0.39 is 86.8 Å². The maximum atomic E-state index is 13.3. The molecule has 2 rings (SSSR count). The van der Waals surface area contributed by atoms with E-state index >= 15 is 0 Å². The molecule has 0 aliphatic carbocycles. The van der Waals surface area contributed by atoms with Crippen LogP contribution in [-0.2, 0) is 23.7 Å². The summed E-state index contributed by atoms with van der Waals surface area (Å²) >= 11 is 0. The number of ether oxygens (including phenoxy) is 4. The summed E-state index contributed by atoms with van der Waals surface area (Å²) in [6.07, 6.45) is 62.0. The number of aliphatic hydroxyl groups excluding tert-OH is 8. The Morgan fingerprint density at radius 2 is 0.793 bits per heavy atom. The van der Waals surface area contributed by atoms with Crippen molar-refractivity contribution in [2.24, 2.45) is 0 Å². The number of nitrogens with one attached hydrogen (secondary N) is 1. The molecule has 9 N–H and O–H groups in total. The standard InChI is InChI=1S/C73H129NO13/c1-3-5-7-9-11-13-15-17-18-19-20-21-22-23-24-25-26-27-28-29-30-31-32-33-34-35-36-37-38-39-40-41-42-43-44-45-47-49-51-53-55-57-65(78)74-61(62(77)56-54-52-50-48-46-16-14-12-10-8-6-4-2)60-84-72-70(83)68(81)71(64(59-76)86-72)87-73-69(82)67(80)66(79)63(58-75)85-73/h5,7,11,13,17-18,20-21,23-24,26-27,29-30,61-64,66-73,75-77,79-83H,3-4,6,8-10,12,14-16,19,22,25,28,31-60H2,1-2H3,(H,74,78)/b7-5-,13-11-,18-17-,21-20-,24-23-,27-26-,30-29-. The lowest BCUT2D eigenvalue weighted by atomic mass is 9.97. The van der Waals surface area contributed by atoms with Gasteiger partial charge in [0.2, 0.25) is 5.91 Å². The first-order chi connectivity index (χ1) is 42.6. The Labute approximate surface area is 529 Å². The second kappa shape index (κ2) is 57.1. The largest absolute Gasteiger partial charge is 0.394 e. The van der Waals surface area contributed by atoms with Gasteiger partial charge in [-0.25, -0.2) is 0 Å². The first-order valence-electron chi connectivity index (χ1n) is 35.3. The van der Waals surface area contributed by atoms with Gasteiger partial charge in [0.25, 0.3) is 0 Å². The Morgan fingerprint density at radius 1 is 0.425 bits per heavy atom. The highest BCUT2D eigenvalue weighted by Crippen LogP contribution is 2.30. The van der Waals surface area contributed by atoms with Gasteiger partial charge in [0, 0.05) is 6.42 Å². The highest BCUT2D eigenvalue weighted by atomic mass is 16.7. The van der Waals surface area contributed by atoms with Crippen LogP contribution in [0.15, 0.2) is 85.1 Å². The van der Waals surface area contributed by atoms with Gasteiger partial charge in [-0.15, -0.1) is 0 Å². The number of rotatable bonds is 57. The Kier molecular flexibility index (Phi) is 52.7. The topological polar surface area (TPSA) is 228 Å². The normalized spacial score (nSPS) is 23.8. The summed E-state index contributed by atoms with van der Waals surface area (Å²) in [5.74, 6) is -0.206. The van der Waals surface area contributed by atoms with Crippen molar-refractivity contribution in [3.8, 4) is 0 Å². The van der Waals surface area contributed by atoms with Crippen LogP contribution in [0.3, 0.4) is 0 Å². The van der Waals surface area contributed by atoms with Crippen LogP contribution in [-0.4, -0.2) is 140 Å². The molecule has 0 aromatic carbocycles. The Bertz CT molecular complexity index is 1780. The van der Waals surface area contributed by atoms with Crippen LogP contribution in [0.1, 0.15) is 277 Å². The minimum absolute atomic E-state index is 0.206. The quantitative estimate of drug-likeness (QED) is 0.0204. The van der Waals surface area contributed by atoms with E-state index in [0.717, 1.165) is 96.3 Å². The van der Waals surface area contributed by atoms with E-state index in [9.17, 15) is 45.6 Å². The number of amides is 1. The highest BCUT2D eigenvalue weighted by molar-refractivity contribution is 5.76. The van der Waals surface area contributed by atoms with Crippen LogP contribution in [0, 0.1) is 0 Å². The molecule has 2 aliphatic rings. The molecule has 87 heavy (non-hydrogen) atoms. The van der Waals surface area contributed by atoms with Crippen molar-refractivity contribution in [2.75, 3.05) is 19.8 Å². The minimum atomic E-state index is -1.78. The Hall–Kier alpha value is -2.83. The molecule has 2 aliphatic heterocycles. The average molecular weight is 1230 g/mol. The minimum Gasteiger partial charge on any atom is -0.394 e. The van der Waals surface area contributed by atoms with Crippen LogP contribution in [0.25, 0.3) is 0 Å². The van der Waals surface area contributed by atoms with Gasteiger partial charge in [-0.2, -0.15) is 0 Å². The van der Waals surface area contributed by atoms with Gasteiger partial charge in [0.1, 0.15) is 48.8 Å². The number of carbonyl (C=O) groups is 1. The molecule has 504 valence electrons. The molecule has 0 spiro atoms. The highest BCUT2D eigenvalue weighted by Gasteiger charge is 2.51. The van der Waals surface area contributed by atoms with Crippen molar-refractivity contribution >= 4 is 5.91 Å². The molecule has 1 amide bonds. The van der Waals surface area contributed by atoms with E-state index in [1.807, 2.05) is 0 Å². The van der Waals surface area contributed by atoms with Crippen LogP contribution in [0.2, 0.25) is 0 Å². The van der Waals surface area contributed by atoms with Crippen LogP contribution in [0.4, 0.5) is 0 Å². The summed E-state index contributed by atoms with van der Waals surface area (Å²) in [5.41, 5.74) is 0. The van der Waals surface area contributed by atoms with Crippen molar-refractivity contribution in [1.29, 1.82) is 0 Å². The lowest BCUT2D eigenvalue weighted by molar-refractivity contribution is -0.359. The molecule has 2 saturated heterocycles. The average Bonchev–Trinajstić information content (AvgIpc) is 2.31. The molecule has 0 aromatic heterocycles. The Balaban J connectivity index is 1.54. The molecule has 0 bridgehead atoms. The van der Waals surface area contributed by atoms with E-state index in [2.05, 4.69) is 104 Å². The van der Waals surface area contributed by atoms with Crippen molar-refractivity contribution < 1.29 is 64.6 Å². The van der Waals surface area contributed by atoms with Gasteiger partial charge < -0.3 is 65.1 Å². The maximum Gasteiger partial charge on any atom is 0.220 e. The first kappa shape index (κ1) is 80.3. The summed E-state index contributed by atoms with van der Waals surface area (Å²) in [5, 5.41) is 87.3. The van der Waals surface area contributed by atoms with Crippen molar-refractivity contribution in [1.82, 2.24) is 5.32 Å². The van der Waals surface area contributed by atoms with Crippen molar-refractivity contribution in [3.05, 3.63) is 85.1 Å². The second-order valence-corrected chi connectivity index (χ2v) is 24.6. The SMILES string of the molecule is CC/C=C\C/C=C\C/C=C\C/C=C\C/C=C\C/C=C\C/C=C\CCCCCCCCCCCCCCCCCCCCCC(=O)NC(COC1OC(CO)C(OC2OC(CO)C(O)C(O)C2O)C(O)C1O)C(O)CCCCCCCCCCCCCC. The lowest BCUT2D eigenvalue weighted by Crippen LogP contribution is -2.65. The molecule has 12 atom stereocenters. The lowest BCUT2D eigenvalue weighted by Gasteiger charge is -2.46. The summed E-state index contributed by atoms with van der Waals surface area (Å²) in [6.45, 7) is 2.75. The number of aliphatic hydroxyl groups is 8. The van der Waals surface area contributed by atoms with Gasteiger partial charge in [-0.1, -0.05) is 285 Å². The third kappa shape index (κ3) is 41.3. The molecule has 12 unspecified atom stereocenters. The zero-order valence-electron chi connectivity index (χ0n) is 54.7. The zero-order valence-corrected chi connectivity index (χ0v) is 54.7. The van der Waals surface area contributed by atoms with Crippen molar-refractivity contribution in [3.63, 3.8) is 0 Å². The Morgan fingerprint density at radius 3 is 1.22 bits per heavy atom. The van der Waals surface area contributed by atoms with E-state index in [4.69, 9.17) is 18.9 Å². The van der Waals surface area contributed by atoms with E-state index in [1.54, 1.807) is 0 Å². The van der Waals surface area contributed by atoms with Gasteiger partial charge >= 0.3 is 0 Å². The molecular formula is C73H129NO13. The van der Waals surface area contributed by atoms with Gasteiger partial charge in [-0.05, 0) is 70.6 Å². The molecule has 14 heteroatoms. The van der Waals surface area contributed by atoms with E-state index in [1.165, 1.54) is 154 Å². The maximum absolute atomic E-state index is 13.3. The van der Waals surface area contributed by atoms with Crippen LogP contribution >= 0.6 is 0 Å². The second-order valence-electron chi connectivity index (χ2n) is 24.6. The zero-order chi connectivity index (χ0) is 63.1. The van der Waals surface area contributed by atoms with Gasteiger partial charge in [0.05, 0.1) is 32.0 Å². The smallest absolute Gasteiger partial charge is 0.220 e. The third-order valence-corrected chi connectivity index (χ3v) is 16.9. The van der Waals surface area contributed by atoms with Gasteiger partial charge in [0.15, 0.2) is 12.6 Å². The van der Waals surface area contributed by atoms with Gasteiger partial charge in [-0.3, -0.25) is 4.79 Å². The number of hydrogen-bond donors (Lipinski definition) is 9. The number of hydrogen-bond acceptors (Lipinski definition) is 13. The predicted molar refractivity (Wildman–Crippen MR) is 355 cm³/mol. The van der Waals surface area contributed by atoms with Crippen LogP contribution < -0.4 is 5.32 Å².